The summed E-state index contributed by atoms with van der Waals surface area (Å²) >= 11 is 0. The smallest absolute Gasteiger partial charge is 0.250 e. The molecule has 0 aliphatic carbocycles. The predicted molar refractivity (Wildman–Crippen MR) is 99.2 cm³/mol. The highest BCUT2D eigenvalue weighted by atomic mass is 32.2. The van der Waals surface area contributed by atoms with Gasteiger partial charge in [0.2, 0.25) is 0 Å². The number of nitrogens with two attached hydrogens (primary N) is 1. The summed E-state index contributed by atoms with van der Waals surface area (Å²) in [6.45, 7) is 0.543. The van der Waals surface area contributed by atoms with Crippen LogP contribution in [0.25, 0.3) is 0 Å². The van der Waals surface area contributed by atoms with Crippen LogP contribution in [0.4, 0.5) is 0 Å². The summed E-state index contributed by atoms with van der Waals surface area (Å²) in [7, 11) is 0.362. The Hall–Kier alpha value is -2.29. The largest absolute Gasteiger partial charge is 0.496 e. The van der Waals surface area contributed by atoms with Gasteiger partial charge in [-0.05, 0) is 5.56 Å². The molecule has 0 atom stereocenters. The molecule has 0 bridgehead atoms. The van der Waals surface area contributed by atoms with Gasteiger partial charge >= 0.3 is 0 Å². The summed E-state index contributed by atoms with van der Waals surface area (Å²) in [5, 5.41) is 0. The van der Waals surface area contributed by atoms with Crippen LogP contribution in [-0.2, 0) is 16.6 Å². The van der Waals surface area contributed by atoms with Crippen molar-refractivity contribution in [1.29, 1.82) is 0 Å². The SMILES string of the molecule is COc1cc(OC)c(S(=O)(=O)N(CCN)Cc2ccccc2)c(OC)c1. The van der Waals surface area contributed by atoms with Crippen LogP contribution in [0.2, 0.25) is 0 Å². The summed E-state index contributed by atoms with van der Waals surface area (Å²) in [4.78, 5) is -0.0484. The molecule has 0 aliphatic heterocycles. The first-order valence-corrected chi connectivity index (χ1v) is 9.46. The second-order valence-electron chi connectivity index (χ2n) is 5.47. The first-order valence-electron chi connectivity index (χ1n) is 8.02. The lowest BCUT2D eigenvalue weighted by Crippen LogP contribution is -2.35. The number of nitrogens with zero attached hydrogens (tertiary/aromatic N) is 1. The molecule has 0 saturated heterocycles. The third-order valence-corrected chi connectivity index (χ3v) is 5.76. The molecule has 0 saturated carbocycles. The minimum Gasteiger partial charge on any atom is -0.496 e. The van der Waals surface area contributed by atoms with Gasteiger partial charge in [-0.15, -0.1) is 0 Å². The van der Waals surface area contributed by atoms with Gasteiger partial charge in [-0.2, -0.15) is 4.31 Å². The number of methoxy groups -OCH3 is 3. The van der Waals surface area contributed by atoms with E-state index in [1.165, 1.54) is 37.8 Å². The lowest BCUT2D eigenvalue weighted by Gasteiger charge is -2.24. The van der Waals surface area contributed by atoms with E-state index >= 15 is 0 Å². The van der Waals surface area contributed by atoms with Crippen molar-refractivity contribution in [2.24, 2.45) is 5.73 Å². The van der Waals surface area contributed by atoms with Gasteiger partial charge in [-0.25, -0.2) is 8.42 Å². The molecule has 0 aromatic heterocycles. The van der Waals surface area contributed by atoms with E-state index in [9.17, 15) is 8.42 Å². The zero-order valence-corrected chi connectivity index (χ0v) is 16.0. The molecule has 26 heavy (non-hydrogen) atoms. The molecule has 8 heteroatoms. The molecule has 0 spiro atoms. The molecular weight excluding hydrogens is 356 g/mol. The van der Waals surface area contributed by atoms with Crippen molar-refractivity contribution in [3.8, 4) is 17.2 Å². The fraction of sp³-hybridized carbons (Fsp3) is 0.333. The van der Waals surface area contributed by atoms with Gasteiger partial charge in [-0.3, -0.25) is 0 Å². The van der Waals surface area contributed by atoms with Gasteiger partial charge in [0, 0.05) is 31.8 Å². The minimum absolute atomic E-state index is 0.0484. The van der Waals surface area contributed by atoms with Crippen LogP contribution >= 0.6 is 0 Å². The van der Waals surface area contributed by atoms with Gasteiger partial charge in [0.05, 0.1) is 21.3 Å². The molecule has 0 radical (unpaired) electrons. The Morgan fingerprint density at radius 3 is 2.00 bits per heavy atom. The number of hydrogen-bond acceptors (Lipinski definition) is 6. The normalized spacial score (nSPS) is 11.4. The lowest BCUT2D eigenvalue weighted by atomic mass is 10.2. The maximum Gasteiger partial charge on any atom is 0.250 e. The fourth-order valence-electron chi connectivity index (χ4n) is 2.57. The van der Waals surface area contributed by atoms with Crippen LogP contribution in [0.5, 0.6) is 17.2 Å². The number of sulfonamides is 1. The topological polar surface area (TPSA) is 91.1 Å². The molecule has 2 aromatic carbocycles. The van der Waals surface area contributed by atoms with Crippen molar-refractivity contribution >= 4 is 10.0 Å². The van der Waals surface area contributed by atoms with Crippen molar-refractivity contribution < 1.29 is 22.6 Å². The van der Waals surface area contributed by atoms with Crippen molar-refractivity contribution in [1.82, 2.24) is 4.31 Å². The van der Waals surface area contributed by atoms with Crippen molar-refractivity contribution in [2.45, 2.75) is 11.4 Å². The minimum atomic E-state index is -3.92. The van der Waals surface area contributed by atoms with Gasteiger partial charge in [0.25, 0.3) is 10.0 Å². The molecule has 7 nitrogen and oxygen atoms in total. The summed E-state index contributed by atoms with van der Waals surface area (Å²) in [6, 6.07) is 12.3. The van der Waals surface area contributed by atoms with Crippen LogP contribution in [-0.4, -0.2) is 47.1 Å². The number of hydrogen-bond donors (Lipinski definition) is 1. The third-order valence-electron chi connectivity index (χ3n) is 3.85. The summed E-state index contributed by atoms with van der Waals surface area (Å²) < 4.78 is 43.8. The second-order valence-corrected chi connectivity index (χ2v) is 7.35. The first-order chi connectivity index (χ1) is 12.5. The summed E-state index contributed by atoms with van der Waals surface area (Å²) in [5.74, 6) is 0.735. The Bertz CT molecular complexity index is 800. The Morgan fingerprint density at radius 1 is 0.962 bits per heavy atom. The maximum absolute atomic E-state index is 13.4. The van der Waals surface area contributed by atoms with Gasteiger partial charge < -0.3 is 19.9 Å². The van der Waals surface area contributed by atoms with Gasteiger partial charge in [0.15, 0.2) is 4.90 Å². The molecule has 0 aliphatic rings. The Morgan fingerprint density at radius 2 is 1.54 bits per heavy atom. The molecule has 2 aromatic rings. The monoisotopic (exact) mass is 380 g/mol. The highest BCUT2D eigenvalue weighted by molar-refractivity contribution is 7.89. The van der Waals surface area contributed by atoms with Crippen molar-refractivity contribution in [3.63, 3.8) is 0 Å². The molecule has 0 amide bonds. The Balaban J connectivity index is 2.55. The highest BCUT2D eigenvalue weighted by Crippen LogP contribution is 2.39. The third kappa shape index (κ3) is 4.27. The van der Waals surface area contributed by atoms with Gasteiger partial charge in [0.1, 0.15) is 17.2 Å². The number of rotatable bonds is 9. The van der Waals surface area contributed by atoms with E-state index in [0.29, 0.717) is 5.75 Å². The van der Waals surface area contributed by atoms with E-state index in [2.05, 4.69) is 0 Å². The van der Waals surface area contributed by atoms with Crippen molar-refractivity contribution in [3.05, 3.63) is 48.0 Å². The number of ether oxygens (including phenoxy) is 3. The fourth-order valence-corrected chi connectivity index (χ4v) is 4.29. The molecule has 0 heterocycles. The van der Waals surface area contributed by atoms with E-state index in [0.717, 1.165) is 5.56 Å². The highest BCUT2D eigenvalue weighted by Gasteiger charge is 2.32. The second kappa shape index (κ2) is 8.88. The van der Waals surface area contributed by atoms with Crippen LogP contribution in [0.15, 0.2) is 47.4 Å². The summed E-state index contributed by atoms with van der Waals surface area (Å²) in [6.07, 6.45) is 0. The molecule has 2 rings (SSSR count). The van der Waals surface area contributed by atoms with Crippen LogP contribution < -0.4 is 19.9 Å². The predicted octanol–water partition coefficient (Wildman–Crippen LogP) is 1.86. The first kappa shape index (κ1) is 20.0. The molecule has 0 fully saturated rings. The lowest BCUT2D eigenvalue weighted by molar-refractivity contribution is 0.351. The van der Waals surface area contributed by atoms with Crippen LogP contribution in [0.1, 0.15) is 5.56 Å². The quantitative estimate of drug-likeness (QED) is 0.714. The molecule has 142 valence electrons. The molecule has 2 N–H and O–H groups in total. The Labute approximate surface area is 154 Å². The van der Waals surface area contributed by atoms with E-state index in [4.69, 9.17) is 19.9 Å². The standard InChI is InChI=1S/C18H24N2O5S/c1-23-15-11-16(24-2)18(17(12-15)25-3)26(21,22)20(10-9-19)13-14-7-5-4-6-8-14/h4-8,11-12H,9-10,13,19H2,1-3H3. The van der Waals surface area contributed by atoms with Crippen LogP contribution in [0.3, 0.4) is 0 Å². The van der Waals surface area contributed by atoms with E-state index in [-0.39, 0.29) is 36.0 Å². The van der Waals surface area contributed by atoms with E-state index in [1.54, 1.807) is 0 Å². The van der Waals surface area contributed by atoms with Gasteiger partial charge in [-0.1, -0.05) is 30.3 Å². The molecule has 0 unspecified atom stereocenters. The average molecular weight is 380 g/mol. The zero-order valence-electron chi connectivity index (χ0n) is 15.1. The van der Waals surface area contributed by atoms with E-state index < -0.39 is 10.0 Å². The zero-order chi connectivity index (χ0) is 19.2. The van der Waals surface area contributed by atoms with Crippen LogP contribution in [0, 0.1) is 0 Å². The maximum atomic E-state index is 13.4. The Kier molecular flexibility index (Phi) is 6.84. The average Bonchev–Trinajstić information content (AvgIpc) is 2.67. The molecular formula is C18H24N2O5S. The summed E-state index contributed by atoms with van der Waals surface area (Å²) in [5.41, 5.74) is 6.51. The number of benzene rings is 2. The van der Waals surface area contributed by atoms with E-state index in [1.807, 2.05) is 30.3 Å². The van der Waals surface area contributed by atoms with Crippen molar-refractivity contribution in [2.75, 3.05) is 34.4 Å².